The van der Waals surface area contributed by atoms with Crippen LogP contribution in [0.25, 0.3) is 0 Å². The average molecular weight is 186 g/mol. The van der Waals surface area contributed by atoms with Gasteiger partial charge in [0.25, 0.3) is 0 Å². The monoisotopic (exact) mass is 186 g/mol. The first-order chi connectivity index (χ1) is 6.20. The molecule has 4 unspecified atom stereocenters. The van der Waals surface area contributed by atoms with Gasteiger partial charge in [-0.15, -0.1) is 0 Å². The van der Waals surface area contributed by atoms with Crippen LogP contribution in [0.5, 0.6) is 0 Å². The number of Topliss-reactive ketones (excluding diaryl/α,β-unsaturated/α-hetero) is 2. The number of hydrogen-bond donors (Lipinski definition) is 2. The van der Waals surface area contributed by atoms with Crippen molar-refractivity contribution >= 4 is 11.6 Å². The van der Waals surface area contributed by atoms with E-state index in [1.165, 1.54) is 0 Å². The Bertz CT molecular complexity index is 235. The van der Waals surface area contributed by atoms with E-state index in [1.807, 2.05) is 0 Å². The van der Waals surface area contributed by atoms with Crippen LogP contribution < -0.4 is 0 Å². The van der Waals surface area contributed by atoms with Crippen LogP contribution in [0.15, 0.2) is 0 Å². The molecule has 2 rings (SSSR count). The normalized spacial score (nSPS) is 43.2. The van der Waals surface area contributed by atoms with Gasteiger partial charge in [0, 0.05) is 25.0 Å². The maximum Gasteiger partial charge on any atom is 0.230 e. The molecule has 2 aliphatic rings. The molecule has 2 N–H and O–H groups in total. The Labute approximate surface area is 74.3 Å². The third-order valence-corrected chi connectivity index (χ3v) is 2.80. The molecule has 0 aromatic carbocycles. The van der Waals surface area contributed by atoms with E-state index in [2.05, 4.69) is 0 Å². The fourth-order valence-corrected chi connectivity index (χ4v) is 2.06. The molecule has 0 aliphatic carbocycles. The Hall–Kier alpha value is -0.780. The molecule has 72 valence electrons. The topological polar surface area (TPSA) is 83.8 Å². The van der Waals surface area contributed by atoms with Crippen molar-refractivity contribution in [2.24, 2.45) is 11.8 Å². The zero-order valence-corrected chi connectivity index (χ0v) is 6.84. The van der Waals surface area contributed by atoms with Gasteiger partial charge in [0.05, 0.1) is 0 Å². The minimum absolute atomic E-state index is 0.231. The summed E-state index contributed by atoms with van der Waals surface area (Å²) in [6.07, 6.45) is -1.64. The number of fused-ring (bicyclic) bond motifs is 2. The number of carbonyl (C=O) groups excluding carboxylic acids is 2. The largest absolute Gasteiger partial charge is 0.396 e. The molecule has 13 heavy (non-hydrogen) atoms. The van der Waals surface area contributed by atoms with Gasteiger partial charge in [0.15, 0.2) is 0 Å². The molecule has 0 aromatic rings. The van der Waals surface area contributed by atoms with Crippen molar-refractivity contribution in [1.82, 2.24) is 0 Å². The van der Waals surface area contributed by atoms with E-state index in [0.717, 1.165) is 0 Å². The van der Waals surface area contributed by atoms with E-state index in [-0.39, 0.29) is 13.2 Å². The summed E-state index contributed by atoms with van der Waals surface area (Å²) in [4.78, 5) is 22.3. The zero-order valence-electron chi connectivity index (χ0n) is 6.84. The second-order valence-electron chi connectivity index (χ2n) is 3.40. The third kappa shape index (κ3) is 0.979. The lowest BCUT2D eigenvalue weighted by atomic mass is 9.79. The molecule has 4 atom stereocenters. The van der Waals surface area contributed by atoms with Crippen LogP contribution in [-0.2, 0) is 14.3 Å². The second kappa shape index (κ2) is 2.87. The van der Waals surface area contributed by atoms with Crippen LogP contribution in [0.2, 0.25) is 0 Å². The Morgan fingerprint density at radius 3 is 1.69 bits per heavy atom. The summed E-state index contributed by atoms with van der Waals surface area (Å²) in [7, 11) is 0. The Morgan fingerprint density at radius 1 is 1.00 bits per heavy atom. The Kier molecular flexibility index (Phi) is 1.94. The number of aliphatic hydroxyl groups excluding tert-OH is 2. The fourth-order valence-electron chi connectivity index (χ4n) is 2.06. The smallest absolute Gasteiger partial charge is 0.230 e. The van der Waals surface area contributed by atoms with Gasteiger partial charge in [0.1, 0.15) is 12.2 Å². The van der Waals surface area contributed by atoms with Gasteiger partial charge >= 0.3 is 0 Å². The van der Waals surface area contributed by atoms with E-state index in [1.54, 1.807) is 0 Å². The number of ketones is 2. The van der Waals surface area contributed by atoms with Crippen molar-refractivity contribution in [3.05, 3.63) is 0 Å². The molecule has 0 saturated carbocycles. The number of ether oxygens (including phenoxy) is 1. The minimum Gasteiger partial charge on any atom is -0.396 e. The first-order valence-electron chi connectivity index (χ1n) is 4.16. The summed E-state index contributed by atoms with van der Waals surface area (Å²) in [5, 5.41) is 17.9. The van der Waals surface area contributed by atoms with Crippen LogP contribution in [0.1, 0.15) is 0 Å². The van der Waals surface area contributed by atoms with Crippen molar-refractivity contribution in [2.75, 3.05) is 13.2 Å². The number of rotatable bonds is 2. The van der Waals surface area contributed by atoms with E-state index in [9.17, 15) is 9.59 Å². The SMILES string of the molecule is O=C1C(=O)C2OC1C(CO)C2CO. The molecule has 2 bridgehead atoms. The van der Waals surface area contributed by atoms with Crippen LogP contribution in [0.3, 0.4) is 0 Å². The Balaban J connectivity index is 2.27. The molecule has 2 fully saturated rings. The zero-order chi connectivity index (χ0) is 9.59. The predicted octanol–water partition coefficient (Wildman–Crippen LogP) is -1.88. The number of carbonyl (C=O) groups is 2. The maximum absolute atomic E-state index is 11.1. The van der Waals surface area contributed by atoms with Gasteiger partial charge in [-0.2, -0.15) is 0 Å². The lowest BCUT2D eigenvalue weighted by Gasteiger charge is -2.22. The molecule has 5 nitrogen and oxygen atoms in total. The average Bonchev–Trinajstić information content (AvgIpc) is 2.63. The molecule has 2 saturated heterocycles. The summed E-state index contributed by atoms with van der Waals surface area (Å²) < 4.78 is 5.08. The lowest BCUT2D eigenvalue weighted by Crippen LogP contribution is -2.43. The number of aliphatic hydroxyl groups is 2. The molecule has 0 radical (unpaired) electrons. The predicted molar refractivity (Wildman–Crippen MR) is 39.8 cm³/mol. The highest BCUT2D eigenvalue weighted by molar-refractivity contribution is 6.43. The maximum atomic E-state index is 11.1. The summed E-state index contributed by atoms with van der Waals surface area (Å²) in [6.45, 7) is -0.461. The van der Waals surface area contributed by atoms with Crippen molar-refractivity contribution in [1.29, 1.82) is 0 Å². The third-order valence-electron chi connectivity index (χ3n) is 2.80. The second-order valence-corrected chi connectivity index (χ2v) is 3.40. The molecular weight excluding hydrogens is 176 g/mol. The highest BCUT2D eigenvalue weighted by Gasteiger charge is 2.58. The molecule has 2 aliphatic heterocycles. The standard InChI is InChI=1S/C8H10O5/c9-1-3-4(2-10)8-6(12)5(11)7(3)13-8/h3-4,7-10H,1-2H2. The van der Waals surface area contributed by atoms with E-state index < -0.39 is 35.6 Å². The van der Waals surface area contributed by atoms with Gasteiger partial charge in [0.2, 0.25) is 11.6 Å². The summed E-state index contributed by atoms with van der Waals surface area (Å²) in [5.41, 5.74) is 0. The van der Waals surface area contributed by atoms with Crippen LogP contribution in [-0.4, -0.2) is 47.2 Å². The molecule has 5 heteroatoms. The highest BCUT2D eigenvalue weighted by atomic mass is 16.5. The summed E-state index contributed by atoms with van der Waals surface area (Å²) in [5.74, 6) is -1.96. The quantitative estimate of drug-likeness (QED) is 0.493. The summed E-state index contributed by atoms with van der Waals surface area (Å²) >= 11 is 0. The van der Waals surface area contributed by atoms with Crippen molar-refractivity contribution in [2.45, 2.75) is 12.2 Å². The molecule has 0 spiro atoms. The first-order valence-corrected chi connectivity index (χ1v) is 4.16. The van der Waals surface area contributed by atoms with Crippen LogP contribution in [0.4, 0.5) is 0 Å². The van der Waals surface area contributed by atoms with Gasteiger partial charge in [-0.1, -0.05) is 0 Å². The highest BCUT2D eigenvalue weighted by Crippen LogP contribution is 2.38. The van der Waals surface area contributed by atoms with Gasteiger partial charge in [-0.25, -0.2) is 0 Å². The van der Waals surface area contributed by atoms with Crippen LogP contribution in [0, 0.1) is 11.8 Å². The van der Waals surface area contributed by atoms with Crippen LogP contribution >= 0.6 is 0 Å². The van der Waals surface area contributed by atoms with Gasteiger partial charge in [-0.3, -0.25) is 9.59 Å². The van der Waals surface area contributed by atoms with Crippen molar-refractivity contribution < 1.29 is 24.5 Å². The first kappa shape index (κ1) is 8.80. The molecule has 0 amide bonds. The van der Waals surface area contributed by atoms with E-state index in [0.29, 0.717) is 0 Å². The Morgan fingerprint density at radius 2 is 1.38 bits per heavy atom. The molecular formula is C8H10O5. The molecule has 2 heterocycles. The lowest BCUT2D eigenvalue weighted by molar-refractivity contribution is -0.139. The minimum atomic E-state index is -0.820. The van der Waals surface area contributed by atoms with Crippen molar-refractivity contribution in [3.63, 3.8) is 0 Å². The van der Waals surface area contributed by atoms with Gasteiger partial charge < -0.3 is 14.9 Å². The van der Waals surface area contributed by atoms with E-state index in [4.69, 9.17) is 14.9 Å². The van der Waals surface area contributed by atoms with Crippen molar-refractivity contribution in [3.8, 4) is 0 Å². The fraction of sp³-hybridized carbons (Fsp3) is 0.750. The van der Waals surface area contributed by atoms with E-state index >= 15 is 0 Å². The summed E-state index contributed by atoms with van der Waals surface area (Å²) in [6, 6.07) is 0. The molecule has 0 aromatic heterocycles. The van der Waals surface area contributed by atoms with Gasteiger partial charge in [-0.05, 0) is 0 Å². The number of hydrogen-bond acceptors (Lipinski definition) is 5.